The van der Waals surface area contributed by atoms with Crippen LogP contribution in [0, 0.1) is 17.6 Å². The number of nitrogens with one attached hydrogen (secondary N) is 2. The fourth-order valence-corrected chi connectivity index (χ4v) is 3.96. The van der Waals surface area contributed by atoms with Crippen molar-refractivity contribution in [1.82, 2.24) is 14.7 Å². The van der Waals surface area contributed by atoms with Crippen LogP contribution in [0.2, 0.25) is 0 Å². The van der Waals surface area contributed by atoms with Crippen molar-refractivity contribution in [2.45, 2.75) is 19.4 Å². The number of benzene rings is 2. The van der Waals surface area contributed by atoms with E-state index in [1.807, 2.05) is 0 Å². The smallest absolute Gasteiger partial charge is 0.256 e. The van der Waals surface area contributed by atoms with E-state index in [9.17, 15) is 23.2 Å². The first kappa shape index (κ1) is 24.8. The number of carbonyl (C=O) groups excluding carboxylic acids is 3. The van der Waals surface area contributed by atoms with E-state index in [2.05, 4.69) is 15.7 Å². The number of methoxy groups -OCH3 is 1. The molecule has 1 aromatic heterocycles. The van der Waals surface area contributed by atoms with Crippen LogP contribution in [0.4, 0.5) is 20.2 Å². The third-order valence-corrected chi connectivity index (χ3v) is 5.89. The molecular weight excluding hydrogens is 472 g/mol. The van der Waals surface area contributed by atoms with Crippen LogP contribution in [0.3, 0.4) is 0 Å². The molecule has 0 unspecified atom stereocenters. The number of piperidine rings is 1. The number of halogens is 2. The summed E-state index contributed by atoms with van der Waals surface area (Å²) in [5, 5.41) is 9.66. The molecule has 0 aliphatic carbocycles. The van der Waals surface area contributed by atoms with Crippen molar-refractivity contribution < 1.29 is 27.9 Å². The number of anilines is 2. The number of amides is 3. The molecule has 0 spiro atoms. The summed E-state index contributed by atoms with van der Waals surface area (Å²) >= 11 is 0. The number of aromatic nitrogens is 2. The van der Waals surface area contributed by atoms with Crippen LogP contribution in [0.25, 0.3) is 0 Å². The summed E-state index contributed by atoms with van der Waals surface area (Å²) in [5.74, 6) is -2.35. The van der Waals surface area contributed by atoms with Gasteiger partial charge in [0.1, 0.15) is 23.9 Å². The van der Waals surface area contributed by atoms with E-state index < -0.39 is 17.5 Å². The van der Waals surface area contributed by atoms with Gasteiger partial charge in [-0.1, -0.05) is 0 Å². The number of nitrogens with zero attached hydrogens (tertiary/aromatic N) is 3. The third kappa shape index (κ3) is 6.04. The second-order valence-electron chi connectivity index (χ2n) is 8.38. The van der Waals surface area contributed by atoms with E-state index in [1.165, 1.54) is 15.8 Å². The molecule has 188 valence electrons. The van der Waals surface area contributed by atoms with Gasteiger partial charge in [0.05, 0.1) is 24.6 Å². The van der Waals surface area contributed by atoms with Crippen LogP contribution in [-0.4, -0.2) is 52.6 Å². The van der Waals surface area contributed by atoms with Gasteiger partial charge in [-0.15, -0.1) is 0 Å². The summed E-state index contributed by atoms with van der Waals surface area (Å²) in [7, 11) is 1.56. The Morgan fingerprint density at radius 2 is 1.75 bits per heavy atom. The molecule has 3 amide bonds. The Bertz CT molecular complexity index is 1250. The minimum absolute atomic E-state index is 0.0393. The second kappa shape index (κ2) is 11.0. The molecule has 2 aromatic carbocycles. The van der Waals surface area contributed by atoms with Gasteiger partial charge in [0.2, 0.25) is 11.8 Å². The van der Waals surface area contributed by atoms with E-state index in [0.717, 1.165) is 12.1 Å². The SMILES string of the molecule is COc1ccc(NC(=O)Cn2cc(NC(=O)C3CCN(C(=O)c4ccc(F)cc4F)CC3)cn2)cc1. The first-order chi connectivity index (χ1) is 17.3. The first-order valence-corrected chi connectivity index (χ1v) is 11.3. The van der Waals surface area contributed by atoms with Crippen molar-refractivity contribution in [3.63, 3.8) is 0 Å². The summed E-state index contributed by atoms with van der Waals surface area (Å²) in [6.07, 6.45) is 3.81. The normalized spacial score (nSPS) is 13.8. The van der Waals surface area contributed by atoms with Crippen LogP contribution >= 0.6 is 0 Å². The molecule has 36 heavy (non-hydrogen) atoms. The van der Waals surface area contributed by atoms with Crippen LogP contribution in [0.1, 0.15) is 23.2 Å². The molecule has 0 bridgehead atoms. The second-order valence-corrected chi connectivity index (χ2v) is 8.38. The van der Waals surface area contributed by atoms with Gasteiger partial charge in [-0.2, -0.15) is 5.10 Å². The molecule has 1 saturated heterocycles. The maximum atomic E-state index is 13.9. The molecule has 11 heteroatoms. The van der Waals surface area contributed by atoms with Crippen molar-refractivity contribution in [3.8, 4) is 5.75 Å². The highest BCUT2D eigenvalue weighted by atomic mass is 19.1. The van der Waals surface area contributed by atoms with E-state index in [-0.39, 0.29) is 42.9 Å². The van der Waals surface area contributed by atoms with Gasteiger partial charge in [0.25, 0.3) is 5.91 Å². The molecule has 1 aliphatic rings. The number of ether oxygens (including phenoxy) is 1. The number of rotatable bonds is 7. The van der Waals surface area contributed by atoms with Gasteiger partial charge in [-0.3, -0.25) is 19.1 Å². The number of hydrogen-bond donors (Lipinski definition) is 2. The molecule has 2 heterocycles. The first-order valence-electron chi connectivity index (χ1n) is 11.3. The Labute approximate surface area is 206 Å². The van der Waals surface area contributed by atoms with Gasteiger partial charge < -0.3 is 20.3 Å². The summed E-state index contributed by atoms with van der Waals surface area (Å²) in [6, 6.07) is 9.76. The average Bonchev–Trinajstić information content (AvgIpc) is 3.30. The lowest BCUT2D eigenvalue weighted by molar-refractivity contribution is -0.121. The van der Waals surface area contributed by atoms with Gasteiger partial charge in [-0.25, -0.2) is 8.78 Å². The maximum Gasteiger partial charge on any atom is 0.256 e. The Hall–Kier alpha value is -4.28. The Morgan fingerprint density at radius 1 is 1.03 bits per heavy atom. The zero-order valence-corrected chi connectivity index (χ0v) is 19.5. The van der Waals surface area contributed by atoms with Crippen LogP contribution in [0.15, 0.2) is 54.9 Å². The summed E-state index contributed by atoms with van der Waals surface area (Å²) in [5.41, 5.74) is 0.875. The lowest BCUT2D eigenvalue weighted by atomic mass is 9.95. The van der Waals surface area contributed by atoms with E-state index in [4.69, 9.17) is 4.74 Å². The molecule has 1 aliphatic heterocycles. The van der Waals surface area contributed by atoms with Crippen molar-refractivity contribution in [1.29, 1.82) is 0 Å². The Kier molecular flexibility index (Phi) is 7.57. The van der Waals surface area contributed by atoms with Crippen molar-refractivity contribution >= 4 is 29.1 Å². The van der Waals surface area contributed by atoms with Crippen molar-refractivity contribution in [2.24, 2.45) is 5.92 Å². The minimum Gasteiger partial charge on any atom is -0.497 e. The number of carbonyl (C=O) groups is 3. The molecule has 4 rings (SSSR count). The highest BCUT2D eigenvalue weighted by molar-refractivity contribution is 5.95. The van der Waals surface area contributed by atoms with Crippen LogP contribution in [0.5, 0.6) is 5.75 Å². The topological polar surface area (TPSA) is 106 Å². The molecule has 9 nitrogen and oxygen atoms in total. The van der Waals surface area contributed by atoms with Crippen molar-refractivity contribution in [3.05, 3.63) is 72.1 Å². The summed E-state index contributed by atoms with van der Waals surface area (Å²) in [4.78, 5) is 39.0. The van der Waals surface area contributed by atoms with Gasteiger partial charge in [0.15, 0.2) is 0 Å². The van der Waals surface area contributed by atoms with Gasteiger partial charge in [-0.05, 0) is 49.2 Å². The number of likely N-dealkylation sites (tertiary alicyclic amines) is 1. The maximum absolute atomic E-state index is 13.9. The fraction of sp³-hybridized carbons (Fsp3) is 0.280. The average molecular weight is 498 g/mol. The summed E-state index contributed by atoms with van der Waals surface area (Å²) in [6.45, 7) is 0.513. The predicted octanol–water partition coefficient (Wildman–Crippen LogP) is 3.30. The molecule has 2 N–H and O–H groups in total. The predicted molar refractivity (Wildman–Crippen MR) is 127 cm³/mol. The van der Waals surface area contributed by atoms with Crippen LogP contribution < -0.4 is 15.4 Å². The van der Waals surface area contributed by atoms with E-state index >= 15 is 0 Å². The highest BCUT2D eigenvalue weighted by Crippen LogP contribution is 2.22. The molecular formula is C25H25F2N5O4. The standard InChI is InChI=1S/C25H25F2N5O4/c1-36-20-5-3-18(4-6-20)29-23(33)15-32-14-19(13-28-32)30-24(34)16-8-10-31(11-9-16)25(35)21-7-2-17(26)12-22(21)27/h2-7,12-14,16H,8-11,15H2,1H3,(H,29,33)(H,30,34). The number of hydrogen-bond acceptors (Lipinski definition) is 5. The zero-order chi connectivity index (χ0) is 25.7. The van der Waals surface area contributed by atoms with E-state index in [0.29, 0.717) is 36.0 Å². The van der Waals surface area contributed by atoms with E-state index in [1.54, 1.807) is 37.6 Å². The van der Waals surface area contributed by atoms with Gasteiger partial charge in [0, 0.05) is 37.0 Å². The quantitative estimate of drug-likeness (QED) is 0.521. The lowest BCUT2D eigenvalue weighted by Crippen LogP contribution is -2.41. The molecule has 0 radical (unpaired) electrons. The van der Waals surface area contributed by atoms with Gasteiger partial charge >= 0.3 is 0 Å². The Balaban J connectivity index is 1.25. The van der Waals surface area contributed by atoms with Crippen molar-refractivity contribution in [2.75, 3.05) is 30.8 Å². The minimum atomic E-state index is -0.908. The lowest BCUT2D eigenvalue weighted by Gasteiger charge is -2.31. The molecule has 1 fully saturated rings. The molecule has 0 saturated carbocycles. The highest BCUT2D eigenvalue weighted by Gasteiger charge is 2.29. The third-order valence-electron chi connectivity index (χ3n) is 5.89. The Morgan fingerprint density at radius 3 is 2.42 bits per heavy atom. The fourth-order valence-electron chi connectivity index (χ4n) is 3.96. The molecule has 3 aromatic rings. The zero-order valence-electron chi connectivity index (χ0n) is 19.5. The largest absolute Gasteiger partial charge is 0.497 e. The summed E-state index contributed by atoms with van der Waals surface area (Å²) < 4.78 is 33.5. The molecule has 0 atom stereocenters. The van der Waals surface area contributed by atoms with Crippen LogP contribution in [-0.2, 0) is 16.1 Å². The monoisotopic (exact) mass is 497 g/mol.